The lowest BCUT2D eigenvalue weighted by Crippen LogP contribution is -2.14. The average molecular weight is 306 g/mol. The molecule has 0 bridgehead atoms. The van der Waals surface area contributed by atoms with E-state index in [0.29, 0.717) is 23.6 Å². The van der Waals surface area contributed by atoms with Crippen molar-refractivity contribution in [2.75, 3.05) is 19.5 Å². The van der Waals surface area contributed by atoms with Gasteiger partial charge in [0.05, 0.1) is 31.3 Å². The van der Waals surface area contributed by atoms with E-state index < -0.39 is 0 Å². The molecule has 2 aromatic rings. The number of thiazole rings is 1. The Hall–Kier alpha value is -2.08. The third-order valence-electron chi connectivity index (χ3n) is 2.99. The van der Waals surface area contributed by atoms with E-state index in [2.05, 4.69) is 10.3 Å². The highest BCUT2D eigenvalue weighted by Gasteiger charge is 2.11. The Labute approximate surface area is 127 Å². The molecule has 1 N–H and O–H groups in total. The first kappa shape index (κ1) is 15.3. The molecular formula is C15H18N2O3S. The molecule has 0 fully saturated rings. The molecule has 21 heavy (non-hydrogen) atoms. The second kappa shape index (κ2) is 6.58. The molecule has 0 atom stereocenters. The zero-order valence-corrected chi connectivity index (χ0v) is 13.3. The maximum absolute atomic E-state index is 12.1. The van der Waals surface area contributed by atoms with Crippen LogP contribution in [0.5, 0.6) is 11.5 Å². The number of hydrogen-bond donors (Lipinski definition) is 1. The third-order valence-corrected chi connectivity index (χ3v) is 4.06. The topological polar surface area (TPSA) is 60.5 Å². The van der Waals surface area contributed by atoms with E-state index in [1.54, 1.807) is 43.8 Å². The molecule has 6 heteroatoms. The van der Waals surface area contributed by atoms with Gasteiger partial charge in [0.1, 0.15) is 0 Å². The molecule has 112 valence electrons. The van der Waals surface area contributed by atoms with Crippen LogP contribution >= 0.6 is 11.3 Å². The summed E-state index contributed by atoms with van der Waals surface area (Å²) in [5, 5.41) is 3.83. The van der Waals surface area contributed by atoms with E-state index in [1.807, 2.05) is 13.8 Å². The molecule has 0 spiro atoms. The summed E-state index contributed by atoms with van der Waals surface area (Å²) in [6, 6.07) is 5.28. The minimum atomic E-state index is -0.0750. The monoisotopic (exact) mass is 306 g/mol. The first-order chi connectivity index (χ1) is 10.0. The summed E-state index contributed by atoms with van der Waals surface area (Å²) in [7, 11) is 3.14. The fourth-order valence-electron chi connectivity index (χ4n) is 2.00. The van der Waals surface area contributed by atoms with Crippen LogP contribution in [0.25, 0.3) is 0 Å². The number of nitrogens with zero attached hydrogens (tertiary/aromatic N) is 1. The Bertz CT molecular complexity index is 652. The van der Waals surface area contributed by atoms with Crippen LogP contribution in [0.4, 0.5) is 5.69 Å². The first-order valence-corrected chi connectivity index (χ1v) is 7.30. The van der Waals surface area contributed by atoms with Gasteiger partial charge in [0.25, 0.3) is 0 Å². The van der Waals surface area contributed by atoms with Crippen molar-refractivity contribution in [3.8, 4) is 11.5 Å². The van der Waals surface area contributed by atoms with Crippen molar-refractivity contribution in [3.05, 3.63) is 33.8 Å². The highest BCUT2D eigenvalue weighted by atomic mass is 32.1. The Morgan fingerprint density at radius 2 is 1.95 bits per heavy atom. The minimum absolute atomic E-state index is 0.0750. The Morgan fingerprint density at radius 3 is 2.52 bits per heavy atom. The number of benzene rings is 1. The van der Waals surface area contributed by atoms with E-state index >= 15 is 0 Å². The van der Waals surface area contributed by atoms with Crippen LogP contribution in [0, 0.1) is 13.8 Å². The van der Waals surface area contributed by atoms with Gasteiger partial charge >= 0.3 is 0 Å². The maximum Gasteiger partial charge on any atom is 0.229 e. The van der Waals surface area contributed by atoms with Gasteiger partial charge < -0.3 is 14.8 Å². The molecule has 0 aliphatic rings. The van der Waals surface area contributed by atoms with Gasteiger partial charge in [0, 0.05) is 16.6 Å². The lowest BCUT2D eigenvalue weighted by molar-refractivity contribution is -0.115. The molecule has 0 unspecified atom stereocenters. The van der Waals surface area contributed by atoms with Crippen molar-refractivity contribution in [1.29, 1.82) is 0 Å². The zero-order valence-electron chi connectivity index (χ0n) is 12.5. The van der Waals surface area contributed by atoms with Crippen LogP contribution in [0.15, 0.2) is 18.2 Å². The molecule has 0 aliphatic carbocycles. The smallest absolute Gasteiger partial charge is 0.229 e. The maximum atomic E-state index is 12.1. The fourth-order valence-corrected chi connectivity index (χ4v) is 2.94. The molecule has 5 nitrogen and oxygen atoms in total. The van der Waals surface area contributed by atoms with Crippen LogP contribution in [-0.2, 0) is 11.2 Å². The quantitative estimate of drug-likeness (QED) is 0.922. The van der Waals surface area contributed by atoms with Crippen LogP contribution < -0.4 is 14.8 Å². The summed E-state index contributed by atoms with van der Waals surface area (Å²) in [4.78, 5) is 17.4. The second-order valence-electron chi connectivity index (χ2n) is 4.54. The van der Waals surface area contributed by atoms with E-state index in [-0.39, 0.29) is 5.91 Å². The van der Waals surface area contributed by atoms with Gasteiger partial charge in [0.15, 0.2) is 11.5 Å². The number of ether oxygens (including phenoxy) is 2. The van der Waals surface area contributed by atoms with Crippen molar-refractivity contribution in [2.24, 2.45) is 0 Å². The molecule has 0 saturated carbocycles. The molecule has 1 aromatic heterocycles. The largest absolute Gasteiger partial charge is 0.493 e. The summed E-state index contributed by atoms with van der Waals surface area (Å²) < 4.78 is 10.4. The molecule has 1 amide bonds. The number of hydrogen-bond acceptors (Lipinski definition) is 5. The van der Waals surface area contributed by atoms with Crippen molar-refractivity contribution in [1.82, 2.24) is 4.98 Å². The second-order valence-corrected chi connectivity index (χ2v) is 5.82. The van der Waals surface area contributed by atoms with Crippen molar-refractivity contribution in [3.63, 3.8) is 0 Å². The van der Waals surface area contributed by atoms with Gasteiger partial charge in [-0.25, -0.2) is 4.98 Å². The van der Waals surface area contributed by atoms with Gasteiger partial charge in [-0.2, -0.15) is 0 Å². The average Bonchev–Trinajstić information content (AvgIpc) is 2.76. The lowest BCUT2D eigenvalue weighted by Gasteiger charge is -2.10. The summed E-state index contributed by atoms with van der Waals surface area (Å²) in [6.07, 6.45) is 0.325. The lowest BCUT2D eigenvalue weighted by atomic mass is 10.2. The van der Waals surface area contributed by atoms with E-state index in [4.69, 9.17) is 9.47 Å². The van der Waals surface area contributed by atoms with Crippen molar-refractivity contribution in [2.45, 2.75) is 20.3 Å². The number of aromatic nitrogens is 1. The number of amides is 1. The predicted octanol–water partition coefficient (Wildman–Crippen LogP) is 2.96. The number of aryl methyl sites for hydroxylation is 2. The minimum Gasteiger partial charge on any atom is -0.493 e. The standard InChI is InChI=1S/C15H18N2O3S/c1-9-14(21-10(2)16-9)8-15(18)17-11-5-6-12(19-3)13(7-11)20-4/h5-7H,8H2,1-4H3,(H,17,18). The first-order valence-electron chi connectivity index (χ1n) is 6.48. The molecule has 0 aliphatic heterocycles. The van der Waals surface area contributed by atoms with Crippen LogP contribution in [0.3, 0.4) is 0 Å². The number of methoxy groups -OCH3 is 2. The van der Waals surface area contributed by atoms with Gasteiger partial charge in [-0.3, -0.25) is 4.79 Å². The molecular weight excluding hydrogens is 288 g/mol. The number of carbonyl (C=O) groups excluding carboxylic acids is 1. The number of rotatable bonds is 5. The molecule has 2 rings (SSSR count). The number of carbonyl (C=O) groups is 1. The summed E-state index contributed by atoms with van der Waals surface area (Å²) in [5.74, 6) is 1.14. The normalized spacial score (nSPS) is 10.3. The third kappa shape index (κ3) is 3.72. The van der Waals surface area contributed by atoms with Gasteiger partial charge in [0.2, 0.25) is 5.91 Å². The van der Waals surface area contributed by atoms with E-state index in [9.17, 15) is 4.79 Å². The van der Waals surface area contributed by atoms with E-state index in [0.717, 1.165) is 15.6 Å². The SMILES string of the molecule is COc1ccc(NC(=O)Cc2sc(C)nc2C)cc1OC. The molecule has 1 aromatic carbocycles. The van der Waals surface area contributed by atoms with Gasteiger partial charge in [-0.05, 0) is 26.0 Å². The highest BCUT2D eigenvalue weighted by molar-refractivity contribution is 7.11. The molecule has 0 radical (unpaired) electrons. The summed E-state index contributed by atoms with van der Waals surface area (Å²) in [5.41, 5.74) is 1.59. The fraction of sp³-hybridized carbons (Fsp3) is 0.333. The van der Waals surface area contributed by atoms with Crippen LogP contribution in [0.2, 0.25) is 0 Å². The Morgan fingerprint density at radius 1 is 1.24 bits per heavy atom. The van der Waals surface area contributed by atoms with Gasteiger partial charge in [-0.1, -0.05) is 0 Å². The number of anilines is 1. The Balaban J connectivity index is 2.07. The summed E-state index contributed by atoms with van der Waals surface area (Å²) in [6.45, 7) is 3.86. The van der Waals surface area contributed by atoms with Crippen LogP contribution in [-0.4, -0.2) is 25.1 Å². The highest BCUT2D eigenvalue weighted by Crippen LogP contribution is 2.29. The van der Waals surface area contributed by atoms with Crippen molar-refractivity contribution < 1.29 is 14.3 Å². The van der Waals surface area contributed by atoms with Crippen LogP contribution in [0.1, 0.15) is 15.6 Å². The predicted molar refractivity (Wildman–Crippen MR) is 83.5 cm³/mol. The summed E-state index contributed by atoms with van der Waals surface area (Å²) >= 11 is 1.55. The number of nitrogens with one attached hydrogen (secondary N) is 1. The molecule has 0 saturated heterocycles. The van der Waals surface area contributed by atoms with Gasteiger partial charge in [-0.15, -0.1) is 11.3 Å². The van der Waals surface area contributed by atoms with Crippen molar-refractivity contribution >= 4 is 22.9 Å². The molecule has 1 heterocycles. The zero-order chi connectivity index (χ0) is 15.4. The van der Waals surface area contributed by atoms with E-state index in [1.165, 1.54) is 0 Å². The Kier molecular flexibility index (Phi) is 4.80.